The van der Waals surface area contributed by atoms with Crippen molar-refractivity contribution in [1.82, 2.24) is 0 Å². The van der Waals surface area contributed by atoms with Gasteiger partial charge in [0.05, 0.1) is 19.8 Å². The van der Waals surface area contributed by atoms with Gasteiger partial charge in [0.2, 0.25) is 0 Å². The summed E-state index contributed by atoms with van der Waals surface area (Å²) in [6.45, 7) is 0. The van der Waals surface area contributed by atoms with Crippen LogP contribution in [0.25, 0.3) is 0 Å². The van der Waals surface area contributed by atoms with Crippen LogP contribution in [0.1, 0.15) is 20.7 Å². The fraction of sp³-hybridized carbons (Fsp3) is 0.125. The highest BCUT2D eigenvalue weighted by atomic mass is 32.2. The van der Waals surface area contributed by atoms with Gasteiger partial charge >= 0.3 is 11.9 Å². The van der Waals surface area contributed by atoms with E-state index in [9.17, 15) is 35.5 Å². The van der Waals surface area contributed by atoms with Crippen LogP contribution < -0.4 is 4.74 Å². The fourth-order valence-electron chi connectivity index (χ4n) is 2.34. The standard InChI is InChI=1S/C16H14O11S2/c1-25-15(17)13-10(27-9-5-3-4-6-11(9)28(19,20)21)7-8-12(29(22,23)24)14(13)16(18)26-2/h3-8H,1-2H3,(H,19,20,21)(H,22,23,24). The third-order valence-corrected chi connectivity index (χ3v) is 5.32. The molecule has 2 rings (SSSR count). The van der Waals surface area contributed by atoms with Crippen molar-refractivity contribution < 1.29 is 49.7 Å². The number of hydrogen-bond donors (Lipinski definition) is 2. The molecular weight excluding hydrogens is 432 g/mol. The molecule has 0 bridgehead atoms. The SMILES string of the molecule is COC(=O)c1c(Oc2ccccc2S(=O)(=O)O)ccc(S(=O)(=O)O)c1C(=O)OC. The molecule has 0 spiro atoms. The van der Waals surface area contributed by atoms with Crippen molar-refractivity contribution >= 4 is 32.2 Å². The number of esters is 2. The molecule has 0 heterocycles. The van der Waals surface area contributed by atoms with E-state index in [-0.39, 0.29) is 0 Å². The second-order valence-electron chi connectivity index (χ2n) is 5.29. The average molecular weight is 446 g/mol. The first-order valence-corrected chi connectivity index (χ1v) is 10.3. The van der Waals surface area contributed by atoms with E-state index in [1.54, 1.807) is 0 Å². The van der Waals surface area contributed by atoms with Crippen molar-refractivity contribution in [3.63, 3.8) is 0 Å². The summed E-state index contributed by atoms with van der Waals surface area (Å²) in [7, 11) is -7.87. The number of carbonyl (C=O) groups is 2. The summed E-state index contributed by atoms with van der Waals surface area (Å²) in [5.41, 5.74) is -1.64. The minimum atomic E-state index is -4.97. The number of ether oxygens (including phenoxy) is 3. The maximum absolute atomic E-state index is 12.3. The lowest BCUT2D eigenvalue weighted by Crippen LogP contribution is -2.18. The lowest BCUT2D eigenvalue weighted by atomic mass is 10.1. The van der Waals surface area contributed by atoms with Crippen LogP contribution in [0.5, 0.6) is 11.5 Å². The second-order valence-corrected chi connectivity index (χ2v) is 8.07. The quantitative estimate of drug-likeness (QED) is 0.487. The van der Waals surface area contributed by atoms with Crippen molar-refractivity contribution in [1.29, 1.82) is 0 Å². The largest absolute Gasteiger partial charge is 0.465 e. The lowest BCUT2D eigenvalue weighted by molar-refractivity contribution is 0.0549. The minimum absolute atomic E-state index is 0.435. The molecule has 0 aromatic heterocycles. The molecule has 29 heavy (non-hydrogen) atoms. The summed E-state index contributed by atoms with van der Waals surface area (Å²) in [6, 6.07) is 6.44. The summed E-state index contributed by atoms with van der Waals surface area (Å²) in [5.74, 6) is -3.49. The second kappa shape index (κ2) is 8.16. The van der Waals surface area contributed by atoms with Gasteiger partial charge in [0.25, 0.3) is 20.2 Å². The molecular formula is C16H14O11S2. The van der Waals surface area contributed by atoms with Crippen LogP contribution in [0.3, 0.4) is 0 Å². The first-order valence-electron chi connectivity index (χ1n) is 7.47. The molecule has 11 nitrogen and oxygen atoms in total. The summed E-state index contributed by atoms with van der Waals surface area (Å²) in [6.07, 6.45) is 0. The van der Waals surface area contributed by atoms with Gasteiger partial charge in [0.1, 0.15) is 26.9 Å². The van der Waals surface area contributed by atoms with Gasteiger partial charge in [-0.3, -0.25) is 9.11 Å². The van der Waals surface area contributed by atoms with Crippen molar-refractivity contribution in [2.45, 2.75) is 9.79 Å². The van der Waals surface area contributed by atoms with Crippen molar-refractivity contribution in [3.8, 4) is 11.5 Å². The molecule has 13 heteroatoms. The summed E-state index contributed by atoms with van der Waals surface area (Å²) in [5, 5.41) is 0. The predicted octanol–water partition coefficient (Wildman–Crippen LogP) is 1.55. The van der Waals surface area contributed by atoms with Crippen molar-refractivity contribution in [3.05, 3.63) is 47.5 Å². The summed E-state index contributed by atoms with van der Waals surface area (Å²) in [4.78, 5) is 22.8. The highest BCUT2D eigenvalue weighted by molar-refractivity contribution is 7.86. The minimum Gasteiger partial charge on any atom is -0.465 e. The van der Waals surface area contributed by atoms with Crippen LogP contribution in [0.2, 0.25) is 0 Å². The Hall–Kier alpha value is -3.00. The Bertz CT molecular complexity index is 1180. The molecule has 0 aliphatic heterocycles. The average Bonchev–Trinajstić information content (AvgIpc) is 2.65. The van der Waals surface area contributed by atoms with Gasteiger partial charge in [0.15, 0.2) is 0 Å². The predicted molar refractivity (Wildman–Crippen MR) is 95.3 cm³/mol. The first-order chi connectivity index (χ1) is 13.4. The molecule has 0 saturated heterocycles. The molecule has 2 aromatic rings. The van der Waals surface area contributed by atoms with Gasteiger partial charge < -0.3 is 14.2 Å². The van der Waals surface area contributed by atoms with Crippen LogP contribution in [0.15, 0.2) is 46.2 Å². The zero-order valence-corrected chi connectivity index (χ0v) is 16.5. The van der Waals surface area contributed by atoms with Crippen LogP contribution in [0, 0.1) is 0 Å². The monoisotopic (exact) mass is 446 g/mol. The molecule has 0 fully saturated rings. The maximum Gasteiger partial charge on any atom is 0.342 e. The van der Waals surface area contributed by atoms with E-state index in [1.807, 2.05) is 0 Å². The van der Waals surface area contributed by atoms with Gasteiger partial charge in [-0.15, -0.1) is 0 Å². The van der Waals surface area contributed by atoms with Gasteiger partial charge in [-0.2, -0.15) is 16.8 Å². The van der Waals surface area contributed by atoms with Crippen molar-refractivity contribution in [2.75, 3.05) is 14.2 Å². The van der Waals surface area contributed by atoms with Crippen molar-refractivity contribution in [2.24, 2.45) is 0 Å². The molecule has 2 aromatic carbocycles. The highest BCUT2D eigenvalue weighted by Gasteiger charge is 2.32. The zero-order valence-electron chi connectivity index (χ0n) is 14.8. The summed E-state index contributed by atoms with van der Waals surface area (Å²) < 4.78 is 79.4. The van der Waals surface area contributed by atoms with E-state index in [2.05, 4.69) is 9.47 Å². The Balaban J connectivity index is 2.85. The normalized spacial score (nSPS) is 11.6. The number of hydrogen-bond acceptors (Lipinski definition) is 9. The van der Waals surface area contributed by atoms with Crippen LogP contribution in [0.4, 0.5) is 0 Å². The van der Waals surface area contributed by atoms with Crippen LogP contribution in [-0.4, -0.2) is 52.1 Å². The van der Waals surface area contributed by atoms with Gasteiger partial charge in [-0.05, 0) is 24.3 Å². The lowest BCUT2D eigenvalue weighted by Gasteiger charge is -2.16. The third kappa shape index (κ3) is 4.71. The topological polar surface area (TPSA) is 171 Å². The Labute approximate surface area is 165 Å². The summed E-state index contributed by atoms with van der Waals surface area (Å²) >= 11 is 0. The number of methoxy groups -OCH3 is 2. The smallest absolute Gasteiger partial charge is 0.342 e. The van der Waals surface area contributed by atoms with Crippen LogP contribution >= 0.6 is 0 Å². The van der Waals surface area contributed by atoms with E-state index < -0.39 is 64.6 Å². The van der Waals surface area contributed by atoms with Gasteiger partial charge in [0, 0.05) is 0 Å². The number of rotatable bonds is 6. The Morgan fingerprint density at radius 1 is 0.724 bits per heavy atom. The molecule has 0 saturated carbocycles. The van der Waals surface area contributed by atoms with E-state index in [1.165, 1.54) is 12.1 Å². The van der Waals surface area contributed by atoms with E-state index in [0.717, 1.165) is 38.5 Å². The molecule has 0 aliphatic rings. The van der Waals surface area contributed by atoms with E-state index >= 15 is 0 Å². The molecule has 156 valence electrons. The molecule has 2 N–H and O–H groups in total. The zero-order chi connectivity index (χ0) is 22.0. The molecule has 0 atom stereocenters. The molecule has 0 amide bonds. The Morgan fingerprint density at radius 3 is 1.76 bits per heavy atom. The first kappa shape index (κ1) is 22.3. The maximum atomic E-state index is 12.3. The number of benzene rings is 2. The molecule has 0 radical (unpaired) electrons. The third-order valence-electron chi connectivity index (χ3n) is 3.53. The van der Waals surface area contributed by atoms with Crippen LogP contribution in [-0.2, 0) is 29.7 Å². The fourth-order valence-corrected chi connectivity index (χ4v) is 3.64. The highest BCUT2D eigenvalue weighted by Crippen LogP contribution is 2.35. The Morgan fingerprint density at radius 2 is 1.24 bits per heavy atom. The Kier molecular flexibility index (Phi) is 6.27. The molecule has 0 unspecified atom stereocenters. The molecule has 0 aliphatic carbocycles. The number of carbonyl (C=O) groups excluding carboxylic acids is 2. The van der Waals surface area contributed by atoms with Gasteiger partial charge in [-0.1, -0.05) is 12.1 Å². The van der Waals surface area contributed by atoms with Gasteiger partial charge in [-0.25, -0.2) is 9.59 Å². The van der Waals surface area contributed by atoms with E-state index in [4.69, 9.17) is 4.74 Å². The van der Waals surface area contributed by atoms with E-state index in [0.29, 0.717) is 0 Å². The number of para-hydroxylation sites is 1.